The number of halogens is 1. The van der Waals surface area contributed by atoms with Crippen molar-refractivity contribution in [3.8, 4) is 5.75 Å². The Hall–Kier alpha value is -2.68. The third kappa shape index (κ3) is 6.66. The highest BCUT2D eigenvalue weighted by molar-refractivity contribution is 8.00. The predicted molar refractivity (Wildman–Crippen MR) is 135 cm³/mol. The Bertz CT molecular complexity index is 1050. The molecule has 0 atom stereocenters. The minimum Gasteiger partial charge on any atom is -0.505 e. The van der Waals surface area contributed by atoms with Crippen molar-refractivity contribution in [2.24, 2.45) is 0 Å². The molecule has 1 aromatic heterocycles. The molecule has 0 aliphatic rings. The number of carbonyl (C=O) groups excluding carboxylic acids is 1. The molecule has 3 rings (SSSR count). The van der Waals surface area contributed by atoms with Gasteiger partial charge in [0, 0.05) is 38.0 Å². The van der Waals surface area contributed by atoms with Gasteiger partial charge in [0.1, 0.15) is 11.3 Å². The summed E-state index contributed by atoms with van der Waals surface area (Å²) in [7, 11) is 3.59. The van der Waals surface area contributed by atoms with Crippen LogP contribution in [-0.2, 0) is 11.2 Å². The highest BCUT2D eigenvalue weighted by Crippen LogP contribution is 2.40. The summed E-state index contributed by atoms with van der Waals surface area (Å²) < 4.78 is 19.9. The Balaban J connectivity index is 0.000000569. The number of benzene rings is 2. The lowest BCUT2D eigenvalue weighted by Crippen LogP contribution is -2.15. The molecular formula is C25H32FN3O3S. The van der Waals surface area contributed by atoms with E-state index in [1.807, 2.05) is 33.2 Å². The number of carbonyl (C=O) groups is 1. The minimum atomic E-state index is -0.266. The number of anilines is 1. The van der Waals surface area contributed by atoms with E-state index in [9.17, 15) is 14.3 Å². The first-order valence-corrected chi connectivity index (χ1v) is 11.9. The maximum Gasteiger partial charge on any atom is 0.154 e. The van der Waals surface area contributed by atoms with Crippen molar-refractivity contribution in [1.82, 2.24) is 10.3 Å². The first-order valence-electron chi connectivity index (χ1n) is 10.7. The predicted octanol–water partition coefficient (Wildman–Crippen LogP) is 4.75. The quantitative estimate of drug-likeness (QED) is 0.264. The molecule has 0 radical (unpaired) electrons. The first-order chi connectivity index (χ1) is 15.9. The zero-order valence-corrected chi connectivity index (χ0v) is 20.6. The number of aromatic hydroxyl groups is 1. The van der Waals surface area contributed by atoms with E-state index in [-0.39, 0.29) is 17.1 Å². The molecule has 1 heterocycles. The van der Waals surface area contributed by atoms with Gasteiger partial charge in [-0.2, -0.15) is 0 Å². The summed E-state index contributed by atoms with van der Waals surface area (Å²) in [5.74, 6) is -0.357. The number of aromatic nitrogens is 1. The number of phenolic OH excluding ortho intramolecular Hbond substituents is 1. The average Bonchev–Trinajstić information content (AvgIpc) is 2.82. The van der Waals surface area contributed by atoms with E-state index < -0.39 is 0 Å². The second-order valence-corrected chi connectivity index (χ2v) is 8.18. The van der Waals surface area contributed by atoms with Crippen LogP contribution in [0.25, 0.3) is 10.9 Å². The molecule has 0 aliphatic carbocycles. The van der Waals surface area contributed by atoms with Crippen molar-refractivity contribution >= 4 is 34.8 Å². The van der Waals surface area contributed by atoms with Crippen molar-refractivity contribution in [2.45, 2.75) is 20.3 Å². The maximum atomic E-state index is 13.1. The molecule has 0 spiro atoms. The standard InChI is InChI=1S/C21H21FN2O2S.C4H11NO/c1-4-24(27-3)20-13(2)18(12-25)21(26)19-17(20)10-15(11-23-19)9-14-5-7-16(22)8-6-14;1-5-3-4-6-2/h5-8,10-12,26H,4,9H2,1-3H3;5H,3-4H2,1-2H3. The molecule has 178 valence electrons. The van der Waals surface area contributed by atoms with Gasteiger partial charge in [0.2, 0.25) is 0 Å². The van der Waals surface area contributed by atoms with Gasteiger partial charge >= 0.3 is 0 Å². The maximum absolute atomic E-state index is 13.1. The number of nitrogens with one attached hydrogen (secondary N) is 1. The zero-order chi connectivity index (χ0) is 24.4. The van der Waals surface area contributed by atoms with E-state index in [4.69, 9.17) is 4.74 Å². The second-order valence-electron chi connectivity index (χ2n) is 7.37. The van der Waals surface area contributed by atoms with Crippen molar-refractivity contribution in [3.63, 3.8) is 0 Å². The fourth-order valence-corrected chi connectivity index (χ4v) is 4.17. The van der Waals surface area contributed by atoms with Crippen LogP contribution in [0.5, 0.6) is 5.75 Å². The van der Waals surface area contributed by atoms with Gasteiger partial charge in [-0.05, 0) is 62.2 Å². The molecule has 0 amide bonds. The number of phenols is 1. The van der Waals surface area contributed by atoms with Crippen molar-refractivity contribution in [3.05, 3.63) is 64.6 Å². The number of likely N-dealkylation sites (N-methyl/N-ethyl adjacent to an activating group) is 1. The van der Waals surface area contributed by atoms with Crippen LogP contribution in [0.1, 0.15) is 34.0 Å². The summed E-state index contributed by atoms with van der Waals surface area (Å²) in [4.78, 5) is 16.0. The summed E-state index contributed by atoms with van der Waals surface area (Å²) in [6, 6.07) is 8.36. The van der Waals surface area contributed by atoms with E-state index in [1.165, 1.54) is 12.1 Å². The zero-order valence-electron chi connectivity index (χ0n) is 19.8. The summed E-state index contributed by atoms with van der Waals surface area (Å²) in [5.41, 5.74) is 4.21. The summed E-state index contributed by atoms with van der Waals surface area (Å²) in [5, 5.41) is 14.3. The summed E-state index contributed by atoms with van der Waals surface area (Å²) in [6.45, 7) is 6.35. The van der Waals surface area contributed by atoms with Gasteiger partial charge in [0.05, 0.1) is 17.9 Å². The minimum absolute atomic E-state index is 0.0910. The molecule has 3 aromatic rings. The molecule has 8 heteroatoms. The molecule has 2 aromatic carbocycles. The van der Waals surface area contributed by atoms with Gasteiger partial charge in [-0.25, -0.2) is 4.39 Å². The van der Waals surface area contributed by atoms with E-state index in [2.05, 4.69) is 14.6 Å². The number of nitrogens with zero attached hydrogens (tertiary/aromatic N) is 2. The van der Waals surface area contributed by atoms with Crippen LogP contribution < -0.4 is 9.62 Å². The number of fused-ring (bicyclic) bond motifs is 1. The number of hydrogen-bond acceptors (Lipinski definition) is 7. The van der Waals surface area contributed by atoms with Gasteiger partial charge in [0.15, 0.2) is 12.0 Å². The molecule has 0 aliphatic heterocycles. The van der Waals surface area contributed by atoms with E-state index in [0.717, 1.165) is 47.5 Å². The summed E-state index contributed by atoms with van der Waals surface area (Å²) in [6.07, 6.45) is 4.94. The van der Waals surface area contributed by atoms with E-state index >= 15 is 0 Å². The molecular weight excluding hydrogens is 441 g/mol. The van der Waals surface area contributed by atoms with E-state index in [1.54, 1.807) is 37.4 Å². The van der Waals surface area contributed by atoms with Crippen LogP contribution in [0.2, 0.25) is 0 Å². The van der Waals surface area contributed by atoms with Crippen LogP contribution in [0.15, 0.2) is 36.5 Å². The van der Waals surface area contributed by atoms with Crippen LogP contribution in [-0.4, -0.2) is 56.5 Å². The Morgan fingerprint density at radius 2 is 1.97 bits per heavy atom. The number of ether oxygens (including phenoxy) is 1. The molecule has 0 fully saturated rings. The SMILES string of the molecule is CCN(SC)c1c(C)c(C=O)c(O)c2ncc(Cc3ccc(F)cc3)cc12.CNCCOC. The molecule has 33 heavy (non-hydrogen) atoms. The summed E-state index contributed by atoms with van der Waals surface area (Å²) >= 11 is 1.55. The lowest BCUT2D eigenvalue weighted by molar-refractivity contribution is 0.112. The Kier molecular flexibility index (Phi) is 10.6. The Labute approximate surface area is 199 Å². The second kappa shape index (κ2) is 13.1. The van der Waals surface area contributed by atoms with Gasteiger partial charge in [0.25, 0.3) is 0 Å². The fourth-order valence-electron chi connectivity index (χ4n) is 3.49. The van der Waals surface area contributed by atoms with Crippen molar-refractivity contribution in [2.75, 3.05) is 44.4 Å². The van der Waals surface area contributed by atoms with Crippen LogP contribution >= 0.6 is 11.9 Å². The van der Waals surface area contributed by atoms with Gasteiger partial charge < -0.3 is 19.5 Å². The lowest BCUT2D eigenvalue weighted by atomic mass is 9.98. The number of pyridine rings is 1. The first kappa shape index (κ1) is 26.6. The number of methoxy groups -OCH3 is 1. The third-order valence-corrected chi connectivity index (χ3v) is 6.07. The smallest absolute Gasteiger partial charge is 0.154 e. The lowest BCUT2D eigenvalue weighted by Gasteiger charge is -2.25. The van der Waals surface area contributed by atoms with Crippen LogP contribution in [0, 0.1) is 12.7 Å². The Morgan fingerprint density at radius 1 is 1.27 bits per heavy atom. The highest BCUT2D eigenvalue weighted by atomic mass is 32.2. The number of hydrogen-bond donors (Lipinski definition) is 2. The molecule has 2 N–H and O–H groups in total. The van der Waals surface area contributed by atoms with E-state index in [0.29, 0.717) is 18.2 Å². The number of rotatable bonds is 9. The van der Waals surface area contributed by atoms with Crippen molar-refractivity contribution < 1.29 is 19.0 Å². The molecule has 0 saturated carbocycles. The van der Waals surface area contributed by atoms with Crippen LogP contribution in [0.4, 0.5) is 10.1 Å². The largest absolute Gasteiger partial charge is 0.505 e. The normalized spacial score (nSPS) is 10.6. The highest BCUT2D eigenvalue weighted by Gasteiger charge is 2.21. The average molecular weight is 474 g/mol. The molecule has 0 bridgehead atoms. The van der Waals surface area contributed by atoms with Gasteiger partial charge in [-0.15, -0.1) is 0 Å². The monoisotopic (exact) mass is 473 g/mol. The van der Waals surface area contributed by atoms with Crippen molar-refractivity contribution in [1.29, 1.82) is 0 Å². The molecule has 0 saturated heterocycles. The Morgan fingerprint density at radius 3 is 2.48 bits per heavy atom. The third-order valence-electron chi connectivity index (χ3n) is 5.19. The fraction of sp³-hybridized carbons (Fsp3) is 0.360. The van der Waals surface area contributed by atoms with Gasteiger partial charge in [-0.1, -0.05) is 24.1 Å². The molecule has 6 nitrogen and oxygen atoms in total. The van der Waals surface area contributed by atoms with Crippen LogP contribution in [0.3, 0.4) is 0 Å². The molecule has 0 unspecified atom stereocenters. The van der Waals surface area contributed by atoms with Gasteiger partial charge in [-0.3, -0.25) is 9.78 Å². The topological polar surface area (TPSA) is 74.7 Å². The number of aldehydes is 1.